The maximum absolute atomic E-state index is 6.42. The molecule has 1 unspecified atom stereocenters. The number of para-hydroxylation sites is 1. The standard InChI is InChI=1S/C16H23NO/c17-15(11-12-5-1-2-6-12)14-9-3-7-13-8-4-10-18-16(13)14/h3,7,9,12,15H,1-2,4-6,8,10-11,17H2. The van der Waals surface area contributed by atoms with Crippen molar-refractivity contribution in [1.82, 2.24) is 0 Å². The second kappa shape index (κ2) is 5.31. The number of ether oxygens (including phenoxy) is 1. The minimum absolute atomic E-state index is 0.154. The highest BCUT2D eigenvalue weighted by Gasteiger charge is 2.23. The average Bonchev–Trinajstić information content (AvgIpc) is 2.91. The predicted octanol–water partition coefficient (Wildman–Crippen LogP) is 3.59. The van der Waals surface area contributed by atoms with Gasteiger partial charge in [-0.1, -0.05) is 43.9 Å². The van der Waals surface area contributed by atoms with Gasteiger partial charge in [-0.05, 0) is 30.7 Å². The lowest BCUT2D eigenvalue weighted by atomic mass is 9.91. The van der Waals surface area contributed by atoms with Crippen LogP contribution in [0.5, 0.6) is 5.75 Å². The summed E-state index contributed by atoms with van der Waals surface area (Å²) in [5, 5.41) is 0. The van der Waals surface area contributed by atoms with Gasteiger partial charge in [-0.15, -0.1) is 0 Å². The molecule has 0 saturated heterocycles. The van der Waals surface area contributed by atoms with Gasteiger partial charge in [-0.25, -0.2) is 0 Å². The monoisotopic (exact) mass is 245 g/mol. The second-order valence-corrected chi connectivity index (χ2v) is 5.78. The van der Waals surface area contributed by atoms with Crippen LogP contribution in [-0.4, -0.2) is 6.61 Å². The van der Waals surface area contributed by atoms with E-state index in [0.717, 1.165) is 37.5 Å². The van der Waals surface area contributed by atoms with Gasteiger partial charge in [0.15, 0.2) is 0 Å². The molecule has 2 nitrogen and oxygen atoms in total. The minimum Gasteiger partial charge on any atom is -0.493 e. The highest BCUT2D eigenvalue weighted by atomic mass is 16.5. The second-order valence-electron chi connectivity index (χ2n) is 5.78. The van der Waals surface area contributed by atoms with Crippen molar-refractivity contribution in [2.75, 3.05) is 6.61 Å². The molecule has 0 amide bonds. The molecule has 1 fully saturated rings. The molecule has 0 aromatic heterocycles. The van der Waals surface area contributed by atoms with Crippen LogP contribution in [0.1, 0.15) is 55.7 Å². The Labute approximate surface area is 110 Å². The topological polar surface area (TPSA) is 35.2 Å². The normalized spacial score (nSPS) is 21.4. The first-order valence-corrected chi connectivity index (χ1v) is 7.35. The lowest BCUT2D eigenvalue weighted by Gasteiger charge is -2.24. The molecule has 2 N–H and O–H groups in total. The molecule has 18 heavy (non-hydrogen) atoms. The van der Waals surface area contributed by atoms with E-state index in [0.29, 0.717) is 0 Å². The Bertz CT molecular complexity index is 410. The number of fused-ring (bicyclic) bond motifs is 1. The summed E-state index contributed by atoms with van der Waals surface area (Å²) in [6.45, 7) is 0.847. The van der Waals surface area contributed by atoms with Crippen LogP contribution in [0.15, 0.2) is 18.2 Å². The van der Waals surface area contributed by atoms with Crippen molar-refractivity contribution in [3.63, 3.8) is 0 Å². The first kappa shape index (κ1) is 12.0. The van der Waals surface area contributed by atoms with E-state index in [4.69, 9.17) is 10.5 Å². The van der Waals surface area contributed by atoms with Crippen molar-refractivity contribution in [3.8, 4) is 5.75 Å². The fourth-order valence-electron chi connectivity index (χ4n) is 3.44. The molecule has 1 saturated carbocycles. The van der Waals surface area contributed by atoms with Crippen LogP contribution < -0.4 is 10.5 Å². The summed E-state index contributed by atoms with van der Waals surface area (Å²) in [7, 11) is 0. The summed E-state index contributed by atoms with van der Waals surface area (Å²) in [6.07, 6.45) is 8.90. The van der Waals surface area contributed by atoms with E-state index >= 15 is 0 Å². The Kier molecular flexibility index (Phi) is 3.55. The van der Waals surface area contributed by atoms with Gasteiger partial charge >= 0.3 is 0 Å². The zero-order valence-corrected chi connectivity index (χ0v) is 11.0. The molecule has 0 bridgehead atoms. The van der Waals surface area contributed by atoms with Crippen LogP contribution in [0.3, 0.4) is 0 Å². The molecule has 0 radical (unpaired) electrons. The molecule has 2 aliphatic rings. The predicted molar refractivity (Wildman–Crippen MR) is 73.8 cm³/mol. The SMILES string of the molecule is NC(CC1CCCC1)c1cccc2c1OCCC2. The first-order valence-electron chi connectivity index (χ1n) is 7.35. The Morgan fingerprint density at radius 1 is 1.22 bits per heavy atom. The molecule has 98 valence electrons. The molecule has 1 aromatic carbocycles. The van der Waals surface area contributed by atoms with Crippen molar-refractivity contribution in [2.24, 2.45) is 11.7 Å². The Balaban J connectivity index is 1.78. The van der Waals surface area contributed by atoms with Crippen molar-refractivity contribution >= 4 is 0 Å². The van der Waals surface area contributed by atoms with Gasteiger partial charge in [0.25, 0.3) is 0 Å². The number of benzene rings is 1. The molecule has 1 heterocycles. The molecule has 1 atom stereocenters. The van der Waals surface area contributed by atoms with Crippen molar-refractivity contribution in [2.45, 2.75) is 51.0 Å². The number of nitrogens with two attached hydrogens (primary N) is 1. The van der Waals surface area contributed by atoms with E-state index in [-0.39, 0.29) is 6.04 Å². The molecule has 0 spiro atoms. The zero-order valence-electron chi connectivity index (χ0n) is 11.0. The quantitative estimate of drug-likeness (QED) is 0.883. The zero-order chi connectivity index (χ0) is 12.4. The van der Waals surface area contributed by atoms with E-state index in [1.54, 1.807) is 0 Å². The van der Waals surface area contributed by atoms with Crippen LogP contribution in [0, 0.1) is 5.92 Å². The molecular formula is C16H23NO. The van der Waals surface area contributed by atoms with Crippen LogP contribution in [0.2, 0.25) is 0 Å². The van der Waals surface area contributed by atoms with Gasteiger partial charge in [0.2, 0.25) is 0 Å². The van der Waals surface area contributed by atoms with Gasteiger partial charge in [0.1, 0.15) is 5.75 Å². The van der Waals surface area contributed by atoms with Gasteiger partial charge in [-0.2, -0.15) is 0 Å². The van der Waals surface area contributed by atoms with Crippen LogP contribution >= 0.6 is 0 Å². The molecule has 3 rings (SSSR count). The minimum atomic E-state index is 0.154. The van der Waals surface area contributed by atoms with Gasteiger partial charge < -0.3 is 10.5 Å². The van der Waals surface area contributed by atoms with Crippen LogP contribution in [0.4, 0.5) is 0 Å². The molecule has 1 aliphatic carbocycles. The molecule has 1 aromatic rings. The Hall–Kier alpha value is -1.02. The maximum atomic E-state index is 6.42. The van der Waals surface area contributed by atoms with E-state index < -0.39 is 0 Å². The van der Waals surface area contributed by atoms with Crippen LogP contribution in [0.25, 0.3) is 0 Å². The van der Waals surface area contributed by atoms with Gasteiger partial charge in [0.05, 0.1) is 6.61 Å². The third kappa shape index (κ3) is 2.39. The summed E-state index contributed by atoms with van der Waals surface area (Å²) >= 11 is 0. The Morgan fingerprint density at radius 2 is 2.06 bits per heavy atom. The molecular weight excluding hydrogens is 222 g/mol. The highest BCUT2D eigenvalue weighted by molar-refractivity contribution is 5.44. The number of hydrogen-bond donors (Lipinski definition) is 1. The smallest absolute Gasteiger partial charge is 0.127 e. The highest BCUT2D eigenvalue weighted by Crippen LogP contribution is 2.37. The lowest BCUT2D eigenvalue weighted by Crippen LogP contribution is -2.18. The summed E-state index contributed by atoms with van der Waals surface area (Å²) in [5.41, 5.74) is 9.00. The van der Waals surface area contributed by atoms with Gasteiger partial charge in [-0.3, -0.25) is 0 Å². The number of aryl methyl sites for hydroxylation is 1. The fraction of sp³-hybridized carbons (Fsp3) is 0.625. The number of hydrogen-bond acceptors (Lipinski definition) is 2. The third-order valence-corrected chi connectivity index (χ3v) is 4.43. The van der Waals surface area contributed by atoms with Crippen molar-refractivity contribution in [1.29, 1.82) is 0 Å². The largest absolute Gasteiger partial charge is 0.493 e. The molecule has 2 heteroatoms. The number of rotatable bonds is 3. The van der Waals surface area contributed by atoms with Crippen molar-refractivity contribution in [3.05, 3.63) is 29.3 Å². The van der Waals surface area contributed by atoms with Crippen molar-refractivity contribution < 1.29 is 4.74 Å². The fourth-order valence-corrected chi connectivity index (χ4v) is 3.44. The van der Waals surface area contributed by atoms with E-state index in [9.17, 15) is 0 Å². The average molecular weight is 245 g/mol. The van der Waals surface area contributed by atoms with Gasteiger partial charge in [0, 0.05) is 11.6 Å². The third-order valence-electron chi connectivity index (χ3n) is 4.43. The summed E-state index contributed by atoms with van der Waals surface area (Å²) in [4.78, 5) is 0. The molecule has 1 aliphatic heterocycles. The Morgan fingerprint density at radius 3 is 2.89 bits per heavy atom. The lowest BCUT2D eigenvalue weighted by molar-refractivity contribution is 0.281. The van der Waals surface area contributed by atoms with Crippen LogP contribution in [-0.2, 0) is 6.42 Å². The van der Waals surface area contributed by atoms with E-state index in [1.165, 1.54) is 36.8 Å². The summed E-state index contributed by atoms with van der Waals surface area (Å²) < 4.78 is 5.86. The summed E-state index contributed by atoms with van der Waals surface area (Å²) in [6, 6.07) is 6.63. The van der Waals surface area contributed by atoms with E-state index in [2.05, 4.69) is 18.2 Å². The van der Waals surface area contributed by atoms with E-state index in [1.807, 2.05) is 0 Å². The first-order chi connectivity index (χ1) is 8.84. The maximum Gasteiger partial charge on any atom is 0.127 e. The summed E-state index contributed by atoms with van der Waals surface area (Å²) in [5.74, 6) is 1.92.